The Kier molecular flexibility index (Phi) is 4.52. The standard InChI is InChI=1S/C18H17ClN2O2S2/c19-14-6-4-5-13(9-14)10-24-18-20-16-11-25(22,23)12-17(16)21(18)15-7-2-1-3-8-15/h1-9,16-17H,10-12H2/t16-,17-/m1/s1. The fourth-order valence-electron chi connectivity index (χ4n) is 3.30. The fraction of sp³-hybridized carbons (Fsp3) is 0.278. The van der Waals surface area contributed by atoms with Crippen molar-refractivity contribution in [3.8, 4) is 0 Å². The summed E-state index contributed by atoms with van der Waals surface area (Å²) >= 11 is 7.69. The molecule has 0 aromatic heterocycles. The van der Waals surface area contributed by atoms with E-state index in [4.69, 9.17) is 16.6 Å². The van der Waals surface area contributed by atoms with Crippen LogP contribution < -0.4 is 4.90 Å². The smallest absolute Gasteiger partial charge is 0.164 e. The lowest BCUT2D eigenvalue weighted by Gasteiger charge is -2.26. The monoisotopic (exact) mass is 392 g/mol. The van der Waals surface area contributed by atoms with Crippen LogP contribution in [0, 0.1) is 0 Å². The number of para-hydroxylation sites is 1. The van der Waals surface area contributed by atoms with Crippen LogP contribution in [0.5, 0.6) is 0 Å². The summed E-state index contributed by atoms with van der Waals surface area (Å²) in [6.45, 7) is 0. The average Bonchev–Trinajstić information content (AvgIpc) is 3.05. The van der Waals surface area contributed by atoms with Crippen LogP contribution in [0.4, 0.5) is 5.69 Å². The van der Waals surface area contributed by atoms with Crippen molar-refractivity contribution in [2.75, 3.05) is 16.4 Å². The molecule has 130 valence electrons. The van der Waals surface area contributed by atoms with Gasteiger partial charge in [0.2, 0.25) is 0 Å². The second kappa shape index (κ2) is 6.67. The van der Waals surface area contributed by atoms with Crippen molar-refractivity contribution in [1.29, 1.82) is 0 Å². The molecule has 7 heteroatoms. The number of amidine groups is 1. The Hall–Kier alpha value is -1.50. The molecular formula is C18H17ClN2O2S2. The molecule has 0 spiro atoms. The SMILES string of the molecule is O=S1(=O)C[C@@H]2[C@@H](C1)N=C(SCc1cccc(Cl)c1)N2c1ccccc1. The topological polar surface area (TPSA) is 49.7 Å². The van der Waals surface area contributed by atoms with E-state index in [1.165, 1.54) is 0 Å². The maximum absolute atomic E-state index is 12.0. The van der Waals surface area contributed by atoms with Gasteiger partial charge in [-0.25, -0.2) is 8.42 Å². The van der Waals surface area contributed by atoms with Gasteiger partial charge in [-0.2, -0.15) is 0 Å². The summed E-state index contributed by atoms with van der Waals surface area (Å²) in [6, 6.07) is 17.4. The van der Waals surface area contributed by atoms with Crippen molar-refractivity contribution in [2.45, 2.75) is 17.8 Å². The molecule has 1 saturated heterocycles. The first-order valence-corrected chi connectivity index (χ1v) is 11.2. The Morgan fingerprint density at radius 3 is 2.68 bits per heavy atom. The van der Waals surface area contributed by atoms with Crippen LogP contribution in [0.1, 0.15) is 5.56 Å². The zero-order valence-electron chi connectivity index (χ0n) is 13.4. The number of hydrogen-bond acceptors (Lipinski definition) is 5. The van der Waals surface area contributed by atoms with Crippen molar-refractivity contribution in [3.05, 3.63) is 65.2 Å². The zero-order valence-corrected chi connectivity index (χ0v) is 15.8. The van der Waals surface area contributed by atoms with Crippen LogP contribution in [0.15, 0.2) is 59.6 Å². The second-order valence-corrected chi connectivity index (χ2v) is 9.78. The predicted octanol–water partition coefficient (Wildman–Crippen LogP) is 3.62. The Morgan fingerprint density at radius 1 is 1.12 bits per heavy atom. The first-order chi connectivity index (χ1) is 12.0. The lowest BCUT2D eigenvalue weighted by molar-refractivity contribution is 0.601. The third-order valence-corrected chi connectivity index (χ3v) is 7.37. The molecule has 1 fully saturated rings. The van der Waals surface area contributed by atoms with Crippen LogP contribution in [0.25, 0.3) is 0 Å². The third kappa shape index (κ3) is 3.57. The van der Waals surface area contributed by atoms with Crippen LogP contribution in [-0.2, 0) is 15.6 Å². The summed E-state index contributed by atoms with van der Waals surface area (Å²) in [4.78, 5) is 6.82. The number of fused-ring (bicyclic) bond motifs is 1. The van der Waals surface area contributed by atoms with Crippen molar-refractivity contribution < 1.29 is 8.42 Å². The molecule has 0 bridgehead atoms. The van der Waals surface area contributed by atoms with E-state index >= 15 is 0 Å². The van der Waals surface area contributed by atoms with Gasteiger partial charge in [-0.1, -0.05) is 53.7 Å². The molecule has 0 saturated carbocycles. The van der Waals surface area contributed by atoms with Crippen LogP contribution in [0.3, 0.4) is 0 Å². The summed E-state index contributed by atoms with van der Waals surface area (Å²) in [7, 11) is -3.02. The quantitative estimate of drug-likeness (QED) is 0.800. The number of benzene rings is 2. The Labute approximate surface area is 156 Å². The highest BCUT2D eigenvalue weighted by molar-refractivity contribution is 8.13. The van der Waals surface area contributed by atoms with E-state index in [1.54, 1.807) is 11.8 Å². The molecule has 25 heavy (non-hydrogen) atoms. The van der Waals surface area contributed by atoms with Gasteiger partial charge in [0.05, 0.1) is 23.6 Å². The summed E-state index contributed by atoms with van der Waals surface area (Å²) in [6.07, 6.45) is 0. The number of sulfone groups is 1. The molecule has 0 aliphatic carbocycles. The van der Waals surface area contributed by atoms with Gasteiger partial charge in [-0.3, -0.25) is 4.99 Å². The van der Waals surface area contributed by atoms with Crippen molar-refractivity contribution >= 4 is 44.1 Å². The highest BCUT2D eigenvalue weighted by Gasteiger charge is 2.47. The van der Waals surface area contributed by atoms with Crippen molar-refractivity contribution in [3.63, 3.8) is 0 Å². The number of anilines is 1. The largest absolute Gasteiger partial charge is 0.315 e. The molecule has 4 nitrogen and oxygen atoms in total. The predicted molar refractivity (Wildman–Crippen MR) is 105 cm³/mol. The van der Waals surface area contributed by atoms with E-state index in [0.717, 1.165) is 22.2 Å². The number of thioether (sulfide) groups is 1. The van der Waals surface area contributed by atoms with Gasteiger partial charge in [0.15, 0.2) is 15.0 Å². The first-order valence-electron chi connectivity index (χ1n) is 8.02. The van der Waals surface area contributed by atoms with Crippen LogP contribution in [-0.4, -0.2) is 37.2 Å². The number of rotatable bonds is 3. The van der Waals surface area contributed by atoms with E-state index in [2.05, 4.69) is 4.90 Å². The highest BCUT2D eigenvalue weighted by atomic mass is 35.5. The minimum atomic E-state index is -3.02. The van der Waals surface area contributed by atoms with Crippen LogP contribution >= 0.6 is 23.4 Å². The van der Waals surface area contributed by atoms with Crippen molar-refractivity contribution in [1.82, 2.24) is 0 Å². The maximum Gasteiger partial charge on any atom is 0.164 e. The van der Waals surface area contributed by atoms with Gasteiger partial charge in [0.25, 0.3) is 0 Å². The lowest BCUT2D eigenvalue weighted by Crippen LogP contribution is -2.39. The molecule has 2 aromatic rings. The Bertz CT molecular complexity index is 916. The normalized spacial score (nSPS) is 24.2. The van der Waals surface area contributed by atoms with Gasteiger partial charge in [0.1, 0.15) is 0 Å². The van der Waals surface area contributed by atoms with Gasteiger partial charge in [-0.05, 0) is 29.8 Å². The van der Waals surface area contributed by atoms with E-state index in [1.807, 2.05) is 54.6 Å². The third-order valence-electron chi connectivity index (χ3n) is 4.40. The minimum absolute atomic E-state index is 0.103. The summed E-state index contributed by atoms with van der Waals surface area (Å²) in [5, 5.41) is 1.60. The molecule has 4 rings (SSSR count). The molecule has 0 amide bonds. The van der Waals surface area contributed by atoms with Gasteiger partial charge >= 0.3 is 0 Å². The van der Waals surface area contributed by atoms with Gasteiger partial charge in [-0.15, -0.1) is 0 Å². The molecule has 2 aliphatic heterocycles. The van der Waals surface area contributed by atoms with Gasteiger partial charge < -0.3 is 4.90 Å². The zero-order chi connectivity index (χ0) is 17.4. The fourth-order valence-corrected chi connectivity index (χ4v) is 6.42. The lowest BCUT2D eigenvalue weighted by atomic mass is 10.1. The van der Waals surface area contributed by atoms with E-state index < -0.39 is 9.84 Å². The minimum Gasteiger partial charge on any atom is -0.315 e. The summed E-state index contributed by atoms with van der Waals surface area (Å²) in [5.74, 6) is 1.05. The molecule has 2 aromatic carbocycles. The molecule has 0 radical (unpaired) electrons. The number of nitrogens with zero attached hydrogens (tertiary/aromatic N) is 2. The number of halogens is 1. The maximum atomic E-state index is 12.0. The van der Waals surface area contributed by atoms with E-state index in [-0.39, 0.29) is 23.6 Å². The van der Waals surface area contributed by atoms with Crippen molar-refractivity contribution in [2.24, 2.45) is 4.99 Å². The molecular weight excluding hydrogens is 376 g/mol. The second-order valence-electron chi connectivity index (χ2n) is 6.25. The highest BCUT2D eigenvalue weighted by Crippen LogP contribution is 2.35. The molecule has 0 unspecified atom stereocenters. The van der Waals surface area contributed by atoms with E-state index in [9.17, 15) is 8.42 Å². The van der Waals surface area contributed by atoms with Crippen LogP contribution in [0.2, 0.25) is 5.02 Å². The average molecular weight is 393 g/mol. The Morgan fingerprint density at radius 2 is 1.92 bits per heavy atom. The van der Waals surface area contributed by atoms with E-state index in [0.29, 0.717) is 5.02 Å². The number of hydrogen-bond donors (Lipinski definition) is 0. The summed E-state index contributed by atoms with van der Waals surface area (Å²) in [5.41, 5.74) is 2.11. The molecule has 2 heterocycles. The van der Waals surface area contributed by atoms with Gasteiger partial charge in [0, 0.05) is 16.5 Å². The first kappa shape index (κ1) is 16.9. The Balaban J connectivity index is 1.60. The molecule has 0 N–H and O–H groups in total. The molecule has 2 atom stereocenters. The summed E-state index contributed by atoms with van der Waals surface area (Å²) < 4.78 is 24.1. The number of aliphatic imine (C=N–C) groups is 1. The molecule has 2 aliphatic rings.